The summed E-state index contributed by atoms with van der Waals surface area (Å²) in [6.45, 7) is 0. The summed E-state index contributed by atoms with van der Waals surface area (Å²) in [6.07, 6.45) is 0. The molecule has 202 valence electrons. The van der Waals surface area contributed by atoms with Crippen molar-refractivity contribution in [3.63, 3.8) is 0 Å². The van der Waals surface area contributed by atoms with E-state index in [0.717, 1.165) is 17.1 Å². The predicted octanol–water partition coefficient (Wildman–Crippen LogP) is 9.83. The van der Waals surface area contributed by atoms with Crippen LogP contribution in [0.15, 0.2) is 138 Å². The highest BCUT2D eigenvalue weighted by molar-refractivity contribution is 7.98. The third kappa shape index (κ3) is 3.20. The van der Waals surface area contributed by atoms with E-state index in [1.165, 1.54) is 71.1 Å². The Balaban J connectivity index is 1.20. The van der Waals surface area contributed by atoms with E-state index in [4.69, 9.17) is 4.98 Å². The molecule has 3 aromatic heterocycles. The highest BCUT2D eigenvalue weighted by atomic mass is 32.2. The number of rotatable bonds is 2. The van der Waals surface area contributed by atoms with Gasteiger partial charge in [-0.05, 0) is 66.7 Å². The molecular weight excluding hydrogens is 545 g/mol. The Labute approximate surface area is 251 Å². The molecule has 5 heteroatoms. The lowest BCUT2D eigenvalue weighted by molar-refractivity contribution is 0.941. The van der Waals surface area contributed by atoms with Gasteiger partial charge in [0, 0.05) is 37.8 Å². The Morgan fingerprint density at radius 2 is 1.00 bits per heavy atom. The van der Waals surface area contributed by atoms with Crippen molar-refractivity contribution in [2.75, 3.05) is 0 Å². The summed E-state index contributed by atoms with van der Waals surface area (Å²) >= 11 is 1.87. The van der Waals surface area contributed by atoms with Gasteiger partial charge in [0.15, 0.2) is 0 Å². The van der Waals surface area contributed by atoms with Crippen molar-refractivity contribution in [2.24, 2.45) is 0 Å². The summed E-state index contributed by atoms with van der Waals surface area (Å²) in [7, 11) is 0. The van der Waals surface area contributed by atoms with Crippen LogP contribution in [0.1, 0.15) is 5.82 Å². The van der Waals surface area contributed by atoms with Gasteiger partial charge in [0.1, 0.15) is 5.82 Å². The molecule has 0 aliphatic carbocycles. The summed E-state index contributed by atoms with van der Waals surface area (Å²) in [5, 5.41) is 5.07. The number of imidazole rings is 1. The van der Waals surface area contributed by atoms with E-state index < -0.39 is 0 Å². The van der Waals surface area contributed by atoms with Gasteiger partial charge < -0.3 is 9.13 Å². The average molecular weight is 569 g/mol. The van der Waals surface area contributed by atoms with Gasteiger partial charge in [0.05, 0.1) is 44.5 Å². The highest BCUT2D eigenvalue weighted by Gasteiger charge is 2.22. The van der Waals surface area contributed by atoms with Crippen molar-refractivity contribution < 1.29 is 0 Å². The Kier molecular flexibility index (Phi) is 4.68. The van der Waals surface area contributed by atoms with E-state index in [-0.39, 0.29) is 0 Å². The van der Waals surface area contributed by atoms with Gasteiger partial charge in [-0.2, -0.15) is 0 Å². The molecule has 0 fully saturated rings. The van der Waals surface area contributed by atoms with Crippen molar-refractivity contribution in [2.45, 2.75) is 10.6 Å². The van der Waals surface area contributed by atoms with Crippen LogP contribution in [-0.2, 0) is 5.75 Å². The lowest BCUT2D eigenvalue weighted by Crippen LogP contribution is -2.07. The van der Waals surface area contributed by atoms with Crippen LogP contribution < -0.4 is 0 Å². The van der Waals surface area contributed by atoms with E-state index in [2.05, 4.69) is 147 Å². The molecule has 43 heavy (non-hydrogen) atoms. The summed E-state index contributed by atoms with van der Waals surface area (Å²) < 4.78 is 7.15. The second-order valence-corrected chi connectivity index (χ2v) is 12.2. The molecule has 0 saturated carbocycles. The molecule has 1 aliphatic rings. The van der Waals surface area contributed by atoms with Crippen LogP contribution >= 0.6 is 11.8 Å². The second-order valence-electron chi connectivity index (χ2n) is 11.2. The zero-order chi connectivity index (χ0) is 28.1. The number of hydrogen-bond acceptors (Lipinski definition) is 2. The predicted molar refractivity (Wildman–Crippen MR) is 179 cm³/mol. The first-order valence-electron chi connectivity index (χ1n) is 14.6. The first-order valence-corrected chi connectivity index (χ1v) is 15.6. The summed E-state index contributed by atoms with van der Waals surface area (Å²) in [5.41, 5.74) is 10.7. The zero-order valence-electron chi connectivity index (χ0n) is 23.1. The maximum absolute atomic E-state index is 4.91. The van der Waals surface area contributed by atoms with Gasteiger partial charge in [0.25, 0.3) is 0 Å². The second kappa shape index (κ2) is 8.63. The molecule has 0 atom stereocenters. The minimum atomic E-state index is 0.862. The Bertz CT molecular complexity index is 2530. The number of nitrogens with zero attached hydrogens (tertiary/aromatic N) is 4. The fourth-order valence-corrected chi connectivity index (χ4v) is 8.09. The molecule has 10 rings (SSSR count). The van der Waals surface area contributed by atoms with Crippen molar-refractivity contribution in [1.29, 1.82) is 0 Å². The van der Waals surface area contributed by atoms with Crippen LogP contribution in [0, 0.1) is 0 Å². The molecule has 9 aromatic rings. The van der Waals surface area contributed by atoms with Crippen LogP contribution in [0.3, 0.4) is 0 Å². The van der Waals surface area contributed by atoms with Crippen LogP contribution in [0.5, 0.6) is 0 Å². The minimum absolute atomic E-state index is 0.862. The first kappa shape index (κ1) is 23.3. The summed E-state index contributed by atoms with van der Waals surface area (Å²) in [5.74, 6) is 1.97. The quantitative estimate of drug-likeness (QED) is 0.208. The topological polar surface area (TPSA) is 27.7 Å². The van der Waals surface area contributed by atoms with Crippen LogP contribution in [-0.4, -0.2) is 18.7 Å². The molecule has 0 saturated heterocycles. The fourth-order valence-electron chi connectivity index (χ4n) is 7.10. The summed E-state index contributed by atoms with van der Waals surface area (Å²) in [4.78, 5) is 6.19. The molecule has 0 spiro atoms. The number of thioether (sulfide) groups is 1. The minimum Gasteiger partial charge on any atom is -0.309 e. The molecular formula is C38H24N4S. The molecule has 6 aromatic carbocycles. The SMILES string of the molecule is c1ccc2c(c1)nc1n2-c2ccc(-n3c4ccccc4c4cc(-n5c6ccccc6c6ccccc65)ccc43)cc2SC1. The van der Waals surface area contributed by atoms with Gasteiger partial charge in [0.2, 0.25) is 0 Å². The van der Waals surface area contributed by atoms with Crippen molar-refractivity contribution >= 4 is 66.4 Å². The zero-order valence-corrected chi connectivity index (χ0v) is 23.9. The third-order valence-corrected chi connectivity index (χ3v) is 9.96. The molecule has 1 aliphatic heterocycles. The van der Waals surface area contributed by atoms with Gasteiger partial charge in [-0.15, -0.1) is 11.8 Å². The van der Waals surface area contributed by atoms with E-state index in [1.807, 2.05) is 11.8 Å². The first-order chi connectivity index (χ1) is 21.3. The smallest absolute Gasteiger partial charge is 0.124 e. The molecule has 4 nitrogen and oxygen atoms in total. The van der Waals surface area contributed by atoms with Crippen LogP contribution in [0.2, 0.25) is 0 Å². The number of para-hydroxylation sites is 5. The lowest BCUT2D eigenvalue weighted by atomic mass is 10.1. The van der Waals surface area contributed by atoms with E-state index >= 15 is 0 Å². The summed E-state index contributed by atoms with van der Waals surface area (Å²) in [6, 6.07) is 48.4. The number of hydrogen-bond donors (Lipinski definition) is 0. The molecule has 0 amide bonds. The van der Waals surface area contributed by atoms with Gasteiger partial charge in [-0.1, -0.05) is 66.7 Å². The molecule has 0 N–H and O–H groups in total. The third-order valence-electron chi connectivity index (χ3n) is 8.92. The van der Waals surface area contributed by atoms with E-state index in [0.29, 0.717) is 0 Å². The van der Waals surface area contributed by atoms with Crippen molar-refractivity contribution in [3.8, 4) is 17.1 Å². The number of benzene rings is 6. The van der Waals surface area contributed by atoms with Gasteiger partial charge in [-0.3, -0.25) is 4.57 Å². The molecule has 0 radical (unpaired) electrons. The van der Waals surface area contributed by atoms with Gasteiger partial charge >= 0.3 is 0 Å². The standard InChI is InChI=1S/C38H24N4S/c1-5-13-31-26(9-1)27-10-2-6-14-32(27)40(31)24-17-19-34-29(21-24)28-11-3-7-15-33(28)41(34)25-18-20-36-37(22-25)43-23-38-39-30-12-4-8-16-35(30)42(36)38/h1-22H,23H2. The number of fused-ring (bicyclic) bond motifs is 11. The van der Waals surface area contributed by atoms with Crippen molar-refractivity contribution in [1.82, 2.24) is 18.7 Å². The van der Waals surface area contributed by atoms with Crippen LogP contribution in [0.4, 0.5) is 0 Å². The normalized spacial score (nSPS) is 12.9. The Morgan fingerprint density at radius 3 is 1.70 bits per heavy atom. The molecule has 0 unspecified atom stereocenters. The van der Waals surface area contributed by atoms with Crippen molar-refractivity contribution in [3.05, 3.63) is 139 Å². The lowest BCUT2D eigenvalue weighted by Gasteiger charge is -2.20. The average Bonchev–Trinajstić information content (AvgIpc) is 3.72. The Hall–Kier alpha value is -5.26. The largest absolute Gasteiger partial charge is 0.309 e. The fraction of sp³-hybridized carbons (Fsp3) is 0.0263. The molecule has 0 bridgehead atoms. The maximum Gasteiger partial charge on any atom is 0.124 e. The Morgan fingerprint density at radius 1 is 0.465 bits per heavy atom. The van der Waals surface area contributed by atoms with Crippen LogP contribution in [0.25, 0.3) is 71.7 Å². The van der Waals surface area contributed by atoms with Gasteiger partial charge in [-0.25, -0.2) is 4.98 Å². The van der Waals surface area contributed by atoms with E-state index in [9.17, 15) is 0 Å². The maximum atomic E-state index is 4.91. The molecule has 4 heterocycles. The van der Waals surface area contributed by atoms with E-state index in [1.54, 1.807) is 0 Å². The number of aromatic nitrogens is 4. The monoisotopic (exact) mass is 568 g/mol. The highest BCUT2D eigenvalue weighted by Crippen LogP contribution is 2.41.